The molecule has 0 atom stereocenters. The van der Waals surface area contributed by atoms with E-state index >= 15 is 0 Å². The minimum absolute atomic E-state index is 0.124. The molecule has 10 nitrogen and oxygen atoms in total. The Morgan fingerprint density at radius 1 is 1.34 bits per heavy atom. The third-order valence-electron chi connectivity index (χ3n) is 4.28. The van der Waals surface area contributed by atoms with E-state index in [4.69, 9.17) is 9.47 Å². The molecule has 0 spiro atoms. The number of imidazole rings is 1. The molecule has 1 aliphatic rings. The van der Waals surface area contributed by atoms with E-state index in [1.54, 1.807) is 28.2 Å². The summed E-state index contributed by atoms with van der Waals surface area (Å²) in [5.74, 6) is 1.11. The fourth-order valence-corrected chi connectivity index (χ4v) is 3.60. The number of aromatic nitrogens is 4. The smallest absolute Gasteiger partial charge is 0.323 e. The van der Waals surface area contributed by atoms with Gasteiger partial charge < -0.3 is 24.8 Å². The van der Waals surface area contributed by atoms with Crippen molar-refractivity contribution in [2.24, 2.45) is 0 Å². The lowest BCUT2D eigenvalue weighted by molar-refractivity contribution is -0.135. The number of ether oxygens (including phenoxy) is 2. The number of carboxylic acid groups (broad SMARTS) is 1. The first-order chi connectivity index (χ1) is 14.2. The minimum atomic E-state index is -0.905. The van der Waals surface area contributed by atoms with Crippen molar-refractivity contribution in [2.45, 2.75) is 13.0 Å². The van der Waals surface area contributed by atoms with Crippen molar-refractivity contribution in [3.05, 3.63) is 42.5 Å². The summed E-state index contributed by atoms with van der Waals surface area (Å²) in [5.41, 5.74) is 1.10. The Hall–Kier alpha value is -3.18. The zero-order valence-electron chi connectivity index (χ0n) is 15.5. The van der Waals surface area contributed by atoms with Gasteiger partial charge in [0.15, 0.2) is 11.5 Å². The standard InChI is InChI=1S/C18H20N6O4S/c25-16(26)10-23(18-21-17(22-29-18)24-7-5-20-11-24)6-1-4-19-9-13-2-3-14-15(8-13)28-12-27-14/h2-3,5,7-8,11,19H,1,4,6,9-10,12H2,(H,25,26). The molecule has 0 bridgehead atoms. The zero-order chi connectivity index (χ0) is 20.1. The van der Waals surface area contributed by atoms with E-state index in [1.807, 2.05) is 18.2 Å². The van der Waals surface area contributed by atoms with Crippen molar-refractivity contribution in [1.29, 1.82) is 0 Å². The second-order valence-corrected chi connectivity index (χ2v) is 7.11. The molecular weight excluding hydrogens is 396 g/mol. The number of benzene rings is 1. The van der Waals surface area contributed by atoms with Crippen LogP contribution in [0.15, 0.2) is 36.9 Å². The summed E-state index contributed by atoms with van der Waals surface area (Å²) in [4.78, 5) is 21.4. The second kappa shape index (κ2) is 8.88. The van der Waals surface area contributed by atoms with Gasteiger partial charge >= 0.3 is 5.97 Å². The molecule has 3 heterocycles. The maximum absolute atomic E-state index is 11.2. The van der Waals surface area contributed by atoms with Crippen LogP contribution in [0.1, 0.15) is 12.0 Å². The second-order valence-electron chi connectivity index (χ2n) is 6.38. The number of anilines is 1. The molecule has 0 saturated carbocycles. The van der Waals surface area contributed by atoms with Gasteiger partial charge in [0.1, 0.15) is 12.9 Å². The lowest BCUT2D eigenvalue weighted by Crippen LogP contribution is -2.32. The van der Waals surface area contributed by atoms with Crippen molar-refractivity contribution < 1.29 is 19.4 Å². The van der Waals surface area contributed by atoms with Gasteiger partial charge in [-0.1, -0.05) is 6.07 Å². The monoisotopic (exact) mass is 416 g/mol. The number of carbonyl (C=O) groups is 1. The summed E-state index contributed by atoms with van der Waals surface area (Å²) in [7, 11) is 0. The highest BCUT2D eigenvalue weighted by atomic mass is 32.1. The normalized spacial score (nSPS) is 12.3. The molecule has 0 amide bonds. The summed E-state index contributed by atoms with van der Waals surface area (Å²) < 4.78 is 16.7. The summed E-state index contributed by atoms with van der Waals surface area (Å²) in [6, 6.07) is 5.86. The van der Waals surface area contributed by atoms with Crippen molar-refractivity contribution in [3.63, 3.8) is 0 Å². The van der Waals surface area contributed by atoms with Gasteiger partial charge in [-0.25, -0.2) is 4.98 Å². The van der Waals surface area contributed by atoms with Gasteiger partial charge in [-0.3, -0.25) is 9.36 Å². The highest BCUT2D eigenvalue weighted by Gasteiger charge is 2.16. The topological polar surface area (TPSA) is 115 Å². The van der Waals surface area contributed by atoms with Crippen molar-refractivity contribution in [1.82, 2.24) is 24.2 Å². The Labute approximate surface area is 170 Å². The Morgan fingerprint density at radius 2 is 2.24 bits per heavy atom. The molecule has 0 saturated heterocycles. The molecular formula is C18H20N6O4S. The third kappa shape index (κ3) is 4.81. The van der Waals surface area contributed by atoms with E-state index in [0.717, 1.165) is 30.0 Å². The Balaban J connectivity index is 1.28. The van der Waals surface area contributed by atoms with E-state index in [9.17, 15) is 9.90 Å². The Morgan fingerprint density at radius 3 is 3.07 bits per heavy atom. The van der Waals surface area contributed by atoms with E-state index in [0.29, 0.717) is 24.2 Å². The molecule has 2 aromatic heterocycles. The van der Waals surface area contributed by atoms with Crippen LogP contribution < -0.4 is 19.7 Å². The van der Waals surface area contributed by atoms with E-state index in [1.165, 1.54) is 11.5 Å². The van der Waals surface area contributed by atoms with Gasteiger partial charge in [0.25, 0.3) is 0 Å². The Bertz CT molecular complexity index is 961. The molecule has 11 heteroatoms. The predicted molar refractivity (Wildman–Crippen MR) is 106 cm³/mol. The van der Waals surface area contributed by atoms with Crippen molar-refractivity contribution in [2.75, 3.05) is 31.3 Å². The van der Waals surface area contributed by atoms with Gasteiger partial charge in [0.05, 0.1) is 0 Å². The molecule has 2 N–H and O–H groups in total. The summed E-state index contributed by atoms with van der Waals surface area (Å²) in [6.45, 7) is 2.12. The first kappa shape index (κ1) is 19.2. The fourth-order valence-electron chi connectivity index (χ4n) is 2.90. The minimum Gasteiger partial charge on any atom is -0.480 e. The third-order valence-corrected chi connectivity index (χ3v) is 5.05. The lowest BCUT2D eigenvalue weighted by Gasteiger charge is -2.19. The van der Waals surface area contributed by atoms with Crippen LogP contribution in [0.25, 0.3) is 5.95 Å². The Kier molecular flexibility index (Phi) is 5.86. The SMILES string of the molecule is O=C(O)CN(CCCNCc1ccc2c(c1)OCO2)c1nc(-n2ccnc2)ns1. The molecule has 29 heavy (non-hydrogen) atoms. The quantitative estimate of drug-likeness (QED) is 0.475. The van der Waals surface area contributed by atoms with Crippen LogP contribution in [-0.4, -0.2) is 56.4 Å². The summed E-state index contributed by atoms with van der Waals surface area (Å²) >= 11 is 1.18. The molecule has 0 aliphatic carbocycles. The highest BCUT2D eigenvalue weighted by molar-refractivity contribution is 7.09. The van der Waals surface area contributed by atoms with Gasteiger partial charge in [-0.05, 0) is 30.7 Å². The number of hydrogen-bond donors (Lipinski definition) is 2. The molecule has 0 radical (unpaired) electrons. The molecule has 4 rings (SSSR count). The molecule has 0 fully saturated rings. The van der Waals surface area contributed by atoms with Crippen LogP contribution in [0, 0.1) is 0 Å². The van der Waals surface area contributed by atoms with E-state index in [2.05, 4.69) is 19.7 Å². The number of hydrogen-bond acceptors (Lipinski definition) is 9. The zero-order valence-corrected chi connectivity index (χ0v) is 16.3. The fraction of sp³-hybridized carbons (Fsp3) is 0.333. The summed E-state index contributed by atoms with van der Waals surface area (Å²) in [5, 5.41) is 13.2. The maximum atomic E-state index is 11.2. The van der Waals surface area contributed by atoms with Crippen LogP contribution in [0.3, 0.4) is 0 Å². The largest absolute Gasteiger partial charge is 0.480 e. The van der Waals surface area contributed by atoms with Crippen LogP contribution in [0.5, 0.6) is 11.5 Å². The molecule has 1 aromatic carbocycles. The molecule has 152 valence electrons. The first-order valence-electron chi connectivity index (χ1n) is 9.07. The van der Waals surface area contributed by atoms with Crippen molar-refractivity contribution >= 4 is 22.6 Å². The summed E-state index contributed by atoms with van der Waals surface area (Å²) in [6.07, 6.45) is 5.75. The lowest BCUT2D eigenvalue weighted by atomic mass is 10.2. The maximum Gasteiger partial charge on any atom is 0.323 e. The van der Waals surface area contributed by atoms with Crippen LogP contribution in [0.2, 0.25) is 0 Å². The van der Waals surface area contributed by atoms with E-state index in [-0.39, 0.29) is 13.3 Å². The van der Waals surface area contributed by atoms with Gasteiger partial charge in [-0.15, -0.1) is 0 Å². The van der Waals surface area contributed by atoms with Crippen LogP contribution in [0.4, 0.5) is 5.13 Å². The highest BCUT2D eigenvalue weighted by Crippen LogP contribution is 2.32. The number of fused-ring (bicyclic) bond motifs is 1. The first-order valence-corrected chi connectivity index (χ1v) is 9.84. The average Bonchev–Trinajstić information content (AvgIpc) is 3.47. The van der Waals surface area contributed by atoms with Gasteiger partial charge in [0, 0.05) is 37.0 Å². The van der Waals surface area contributed by atoms with Crippen LogP contribution >= 0.6 is 11.5 Å². The molecule has 1 aliphatic heterocycles. The average molecular weight is 416 g/mol. The molecule has 0 unspecified atom stereocenters. The number of rotatable bonds is 10. The predicted octanol–water partition coefficient (Wildman–Crippen LogP) is 1.52. The van der Waals surface area contributed by atoms with Gasteiger partial charge in [-0.2, -0.15) is 9.36 Å². The molecule has 3 aromatic rings. The van der Waals surface area contributed by atoms with E-state index < -0.39 is 5.97 Å². The number of carboxylic acids is 1. The van der Waals surface area contributed by atoms with Gasteiger partial charge in [0.2, 0.25) is 17.9 Å². The number of nitrogens with one attached hydrogen (secondary N) is 1. The number of aliphatic carboxylic acids is 1. The van der Waals surface area contributed by atoms with Crippen LogP contribution in [-0.2, 0) is 11.3 Å². The van der Waals surface area contributed by atoms with Crippen molar-refractivity contribution in [3.8, 4) is 17.4 Å². The number of nitrogens with zero attached hydrogens (tertiary/aromatic N) is 5.